The van der Waals surface area contributed by atoms with Gasteiger partial charge in [0.25, 0.3) is 11.8 Å². The second kappa shape index (κ2) is 10.5. The normalized spacial score (nSPS) is 15.1. The van der Waals surface area contributed by atoms with Crippen LogP contribution in [-0.4, -0.2) is 32.0 Å². The molecule has 0 atom stereocenters. The molecule has 2 amide bonds. The molecule has 3 aromatic rings. The zero-order chi connectivity index (χ0) is 25.9. The van der Waals surface area contributed by atoms with Gasteiger partial charge in [-0.05, 0) is 67.7 Å². The lowest BCUT2D eigenvalue weighted by Gasteiger charge is -2.29. The Morgan fingerprint density at radius 3 is 2.36 bits per heavy atom. The minimum atomic E-state index is -4.25. The first-order valence-electron chi connectivity index (χ1n) is 10.6. The average Bonchev–Trinajstić information content (AvgIpc) is 2.85. The Kier molecular flexibility index (Phi) is 7.39. The van der Waals surface area contributed by atoms with Crippen LogP contribution in [0.4, 0.5) is 5.69 Å². The van der Waals surface area contributed by atoms with E-state index in [1.54, 1.807) is 55.5 Å². The Balaban J connectivity index is 1.79. The number of amides is 2. The lowest BCUT2D eigenvalue weighted by Crippen LogP contribution is -2.54. The van der Waals surface area contributed by atoms with Crippen LogP contribution >= 0.6 is 23.8 Å². The standard InChI is InChI=1S/C25H19ClN2O6S2/c1-2-33-21-10-6-7-16(22(21)34-36(31,32)19-8-4-3-5-9-19)15-20-23(29)27-25(35)28(24(20)30)18-13-11-17(26)12-14-18/h3-15H,2H2,1H3,(H,27,29,35)/b20-15-. The van der Waals surface area contributed by atoms with Crippen LogP contribution in [-0.2, 0) is 19.7 Å². The van der Waals surface area contributed by atoms with Crippen LogP contribution in [0.3, 0.4) is 0 Å². The van der Waals surface area contributed by atoms with Crippen molar-refractivity contribution in [3.05, 3.63) is 89.0 Å². The molecule has 0 aliphatic carbocycles. The average molecular weight is 543 g/mol. The fourth-order valence-corrected chi connectivity index (χ4v) is 4.78. The van der Waals surface area contributed by atoms with Gasteiger partial charge in [-0.1, -0.05) is 41.9 Å². The van der Waals surface area contributed by atoms with Crippen molar-refractivity contribution in [3.63, 3.8) is 0 Å². The molecule has 0 spiro atoms. The van der Waals surface area contributed by atoms with Crippen LogP contribution in [0.1, 0.15) is 12.5 Å². The number of nitrogens with one attached hydrogen (secondary N) is 1. The first-order valence-corrected chi connectivity index (χ1v) is 12.8. The summed E-state index contributed by atoms with van der Waals surface area (Å²) in [5.41, 5.74) is 0.253. The summed E-state index contributed by atoms with van der Waals surface area (Å²) in [6, 6.07) is 18.5. The van der Waals surface area contributed by atoms with Gasteiger partial charge in [-0.3, -0.25) is 19.8 Å². The minimum Gasteiger partial charge on any atom is -0.490 e. The number of thiocarbonyl (C=S) groups is 1. The van der Waals surface area contributed by atoms with E-state index in [4.69, 9.17) is 32.7 Å². The summed E-state index contributed by atoms with van der Waals surface area (Å²) in [5.74, 6) is -1.48. The summed E-state index contributed by atoms with van der Waals surface area (Å²) in [6.45, 7) is 1.95. The molecule has 0 unspecified atom stereocenters. The second-order valence-electron chi connectivity index (χ2n) is 7.39. The van der Waals surface area contributed by atoms with Gasteiger partial charge >= 0.3 is 10.1 Å². The third kappa shape index (κ3) is 5.25. The molecule has 11 heteroatoms. The Morgan fingerprint density at radius 2 is 1.69 bits per heavy atom. The summed E-state index contributed by atoms with van der Waals surface area (Å²) in [4.78, 5) is 27.2. The van der Waals surface area contributed by atoms with Gasteiger partial charge in [-0.15, -0.1) is 0 Å². The highest BCUT2D eigenvalue weighted by atomic mass is 35.5. The van der Waals surface area contributed by atoms with E-state index in [2.05, 4.69) is 5.32 Å². The van der Waals surface area contributed by atoms with Crippen LogP contribution in [0.15, 0.2) is 83.3 Å². The summed E-state index contributed by atoms with van der Waals surface area (Å²) in [5, 5.41) is 2.84. The number of nitrogens with zero attached hydrogens (tertiary/aromatic N) is 1. The van der Waals surface area contributed by atoms with E-state index in [0.717, 1.165) is 4.90 Å². The maximum atomic E-state index is 13.4. The molecule has 0 saturated carbocycles. The van der Waals surface area contributed by atoms with Crippen LogP contribution < -0.4 is 19.1 Å². The van der Waals surface area contributed by atoms with Gasteiger partial charge in [0, 0.05) is 10.6 Å². The topological polar surface area (TPSA) is 102 Å². The molecular weight excluding hydrogens is 524 g/mol. The van der Waals surface area contributed by atoms with Gasteiger partial charge in [-0.2, -0.15) is 8.42 Å². The number of hydrogen-bond acceptors (Lipinski definition) is 7. The van der Waals surface area contributed by atoms with E-state index >= 15 is 0 Å². The number of para-hydroxylation sites is 1. The number of carbonyl (C=O) groups excluding carboxylic acids is 2. The molecule has 1 heterocycles. The molecule has 1 N–H and O–H groups in total. The highest BCUT2D eigenvalue weighted by Gasteiger charge is 2.35. The Bertz CT molecular complexity index is 1470. The molecule has 36 heavy (non-hydrogen) atoms. The van der Waals surface area contributed by atoms with Crippen molar-refractivity contribution in [3.8, 4) is 11.5 Å². The Labute approximate surface area is 218 Å². The number of anilines is 1. The number of hydrogen-bond donors (Lipinski definition) is 1. The van der Waals surface area contributed by atoms with E-state index in [1.165, 1.54) is 30.3 Å². The molecule has 8 nitrogen and oxygen atoms in total. The summed E-state index contributed by atoms with van der Waals surface area (Å²) in [6.07, 6.45) is 1.24. The number of carbonyl (C=O) groups is 2. The van der Waals surface area contributed by atoms with Gasteiger partial charge in [-0.25, -0.2) is 0 Å². The van der Waals surface area contributed by atoms with Crippen LogP contribution in [0.2, 0.25) is 5.02 Å². The second-order valence-corrected chi connectivity index (χ2v) is 9.76. The van der Waals surface area contributed by atoms with Gasteiger partial charge in [0.05, 0.1) is 12.3 Å². The molecule has 1 aliphatic heterocycles. The molecule has 184 valence electrons. The molecule has 4 rings (SSSR count). The lowest BCUT2D eigenvalue weighted by molar-refractivity contribution is -0.122. The van der Waals surface area contributed by atoms with Crippen molar-refractivity contribution in [2.45, 2.75) is 11.8 Å². The molecular formula is C25H19ClN2O6S2. The van der Waals surface area contributed by atoms with Gasteiger partial charge in [0.15, 0.2) is 16.6 Å². The van der Waals surface area contributed by atoms with Crippen LogP contribution in [0, 0.1) is 0 Å². The predicted molar refractivity (Wildman–Crippen MR) is 140 cm³/mol. The quantitative estimate of drug-likeness (QED) is 0.205. The summed E-state index contributed by atoms with van der Waals surface area (Å²) in [7, 11) is -4.25. The number of benzene rings is 3. The summed E-state index contributed by atoms with van der Waals surface area (Å²) >= 11 is 11.2. The maximum Gasteiger partial charge on any atom is 0.339 e. The fraction of sp³-hybridized carbons (Fsp3) is 0.0800. The molecule has 0 bridgehead atoms. The first-order chi connectivity index (χ1) is 17.2. The zero-order valence-corrected chi connectivity index (χ0v) is 21.2. The van der Waals surface area contributed by atoms with Crippen molar-refractivity contribution in [2.24, 2.45) is 0 Å². The van der Waals surface area contributed by atoms with E-state index in [9.17, 15) is 18.0 Å². The van der Waals surface area contributed by atoms with E-state index in [-0.39, 0.29) is 39.3 Å². The van der Waals surface area contributed by atoms with Crippen molar-refractivity contribution >= 4 is 62.6 Å². The van der Waals surface area contributed by atoms with Gasteiger partial charge in [0.1, 0.15) is 10.5 Å². The third-order valence-corrected chi connectivity index (χ3v) is 6.79. The van der Waals surface area contributed by atoms with E-state index in [0.29, 0.717) is 10.7 Å². The molecule has 0 radical (unpaired) electrons. The number of ether oxygens (including phenoxy) is 1. The molecule has 1 fully saturated rings. The zero-order valence-electron chi connectivity index (χ0n) is 18.8. The van der Waals surface area contributed by atoms with Crippen LogP contribution in [0.25, 0.3) is 6.08 Å². The minimum absolute atomic E-state index is 0.0688. The maximum absolute atomic E-state index is 13.4. The van der Waals surface area contributed by atoms with Crippen molar-refractivity contribution in [1.29, 1.82) is 0 Å². The van der Waals surface area contributed by atoms with E-state index in [1.807, 2.05) is 0 Å². The summed E-state index contributed by atoms with van der Waals surface area (Å²) < 4.78 is 37.0. The van der Waals surface area contributed by atoms with Crippen LogP contribution in [0.5, 0.6) is 11.5 Å². The highest BCUT2D eigenvalue weighted by Crippen LogP contribution is 2.36. The smallest absolute Gasteiger partial charge is 0.339 e. The van der Waals surface area contributed by atoms with Crippen molar-refractivity contribution < 1.29 is 26.9 Å². The van der Waals surface area contributed by atoms with Crippen molar-refractivity contribution in [1.82, 2.24) is 5.32 Å². The van der Waals surface area contributed by atoms with Crippen molar-refractivity contribution in [2.75, 3.05) is 11.5 Å². The molecule has 3 aromatic carbocycles. The number of halogens is 1. The highest BCUT2D eigenvalue weighted by molar-refractivity contribution is 7.87. The lowest BCUT2D eigenvalue weighted by atomic mass is 10.1. The SMILES string of the molecule is CCOc1cccc(/C=C2/C(=O)NC(=S)N(c3ccc(Cl)cc3)C2=O)c1OS(=O)(=O)c1ccccc1. The molecule has 1 aliphatic rings. The number of rotatable bonds is 7. The Morgan fingerprint density at radius 1 is 1.00 bits per heavy atom. The third-order valence-electron chi connectivity index (χ3n) is 5.02. The first kappa shape index (κ1) is 25.4. The van der Waals surface area contributed by atoms with Gasteiger partial charge in [0.2, 0.25) is 0 Å². The molecule has 0 aromatic heterocycles. The molecule has 1 saturated heterocycles. The Hall–Kier alpha value is -3.73. The van der Waals surface area contributed by atoms with Gasteiger partial charge < -0.3 is 8.92 Å². The predicted octanol–water partition coefficient (Wildman–Crippen LogP) is 4.34. The largest absolute Gasteiger partial charge is 0.490 e. The fourth-order valence-electron chi connectivity index (χ4n) is 3.39. The van der Waals surface area contributed by atoms with E-state index < -0.39 is 21.9 Å². The monoisotopic (exact) mass is 542 g/mol.